The maximum Gasteiger partial charge on any atom is 0.255 e. The van der Waals surface area contributed by atoms with Crippen LogP contribution in [0.1, 0.15) is 11.7 Å². The summed E-state index contributed by atoms with van der Waals surface area (Å²) in [6.07, 6.45) is 5.37. The molecule has 0 saturated heterocycles. The number of nitrogens with zero attached hydrogens (tertiary/aromatic N) is 3. The molecule has 32 heavy (non-hydrogen) atoms. The molecule has 0 aliphatic heterocycles. The van der Waals surface area contributed by atoms with Crippen LogP contribution in [0.5, 0.6) is 11.5 Å². The summed E-state index contributed by atoms with van der Waals surface area (Å²) in [5.41, 5.74) is 4.20. The first-order chi connectivity index (χ1) is 15.5. The van der Waals surface area contributed by atoms with Gasteiger partial charge < -0.3 is 24.5 Å². The van der Waals surface area contributed by atoms with E-state index in [2.05, 4.69) is 15.0 Å². The zero-order valence-corrected chi connectivity index (χ0v) is 18.3. The quantitative estimate of drug-likeness (QED) is 0.484. The van der Waals surface area contributed by atoms with Crippen LogP contribution in [-0.4, -0.2) is 59.2 Å². The number of para-hydroxylation sites is 1. The number of ether oxygens (including phenoxy) is 2. The van der Waals surface area contributed by atoms with Gasteiger partial charge in [0.1, 0.15) is 17.1 Å². The third kappa shape index (κ3) is 3.65. The largest absolute Gasteiger partial charge is 0.496 e. The second-order valence-corrected chi connectivity index (χ2v) is 7.47. The van der Waals surface area contributed by atoms with E-state index in [4.69, 9.17) is 9.47 Å². The summed E-state index contributed by atoms with van der Waals surface area (Å²) in [6, 6.07) is 9.44. The lowest BCUT2D eigenvalue weighted by Gasteiger charge is -2.17. The number of aliphatic hydroxyl groups excluding tert-OH is 1. The fourth-order valence-electron chi connectivity index (χ4n) is 3.71. The lowest BCUT2D eigenvalue weighted by molar-refractivity contribution is -0.137. The summed E-state index contributed by atoms with van der Waals surface area (Å²) >= 11 is 0. The van der Waals surface area contributed by atoms with Crippen LogP contribution >= 0.6 is 0 Å². The van der Waals surface area contributed by atoms with Crippen LogP contribution < -0.4 is 9.47 Å². The van der Waals surface area contributed by atoms with E-state index in [9.17, 15) is 9.90 Å². The molecule has 0 aliphatic rings. The molecule has 0 radical (unpaired) electrons. The molecular weight excluding hydrogens is 408 g/mol. The Morgan fingerprint density at radius 3 is 2.56 bits per heavy atom. The Morgan fingerprint density at radius 2 is 1.84 bits per heavy atom. The average Bonchev–Trinajstić information content (AvgIpc) is 3.26. The molecule has 0 saturated carbocycles. The molecule has 3 heterocycles. The van der Waals surface area contributed by atoms with Gasteiger partial charge in [-0.05, 0) is 12.1 Å². The predicted octanol–water partition coefficient (Wildman–Crippen LogP) is 3.43. The molecule has 1 atom stereocenters. The summed E-state index contributed by atoms with van der Waals surface area (Å²) in [5, 5.41) is 11.2. The molecule has 164 valence electrons. The number of carbonyl (C=O) groups excluding carboxylic acids is 1. The molecule has 0 aliphatic carbocycles. The lowest BCUT2D eigenvalue weighted by Crippen LogP contribution is -2.28. The van der Waals surface area contributed by atoms with Crippen LogP contribution in [-0.2, 0) is 4.79 Å². The van der Waals surface area contributed by atoms with Gasteiger partial charge in [-0.3, -0.25) is 9.78 Å². The van der Waals surface area contributed by atoms with Crippen molar-refractivity contribution < 1.29 is 19.4 Å². The van der Waals surface area contributed by atoms with Crippen molar-refractivity contribution in [2.24, 2.45) is 0 Å². The van der Waals surface area contributed by atoms with E-state index in [-0.39, 0.29) is 0 Å². The standard InChI is InChI=1S/C24H24N4O4/c1-28(2)24(30)21(29)15-9-14(10-25-11-15)17-12-26-23-20(22(17)32-4)18(13-27-23)16-7-5-6-8-19(16)31-3/h5-13,21,29H,1-4H3,(H,26,27). The number of aromatic nitrogens is 3. The molecule has 8 nitrogen and oxygen atoms in total. The van der Waals surface area contributed by atoms with E-state index in [1.54, 1.807) is 46.8 Å². The minimum atomic E-state index is -1.31. The molecule has 2 N–H and O–H groups in total. The van der Waals surface area contributed by atoms with Gasteiger partial charge in [0.05, 0.1) is 19.6 Å². The van der Waals surface area contributed by atoms with Crippen LogP contribution in [0.4, 0.5) is 0 Å². The first-order valence-electron chi connectivity index (χ1n) is 9.98. The number of aliphatic hydroxyl groups is 1. The third-order valence-electron chi connectivity index (χ3n) is 5.32. The maximum atomic E-state index is 12.2. The Balaban J connectivity index is 1.88. The highest BCUT2D eigenvalue weighted by atomic mass is 16.5. The molecular formula is C24H24N4O4. The van der Waals surface area contributed by atoms with E-state index in [1.165, 1.54) is 11.1 Å². The van der Waals surface area contributed by atoms with Crippen molar-refractivity contribution in [2.45, 2.75) is 6.10 Å². The minimum Gasteiger partial charge on any atom is -0.496 e. The van der Waals surface area contributed by atoms with E-state index < -0.39 is 12.0 Å². The van der Waals surface area contributed by atoms with Gasteiger partial charge in [-0.2, -0.15) is 0 Å². The topological polar surface area (TPSA) is 101 Å². The highest BCUT2D eigenvalue weighted by Gasteiger charge is 2.22. The number of aromatic amines is 1. The third-order valence-corrected chi connectivity index (χ3v) is 5.32. The van der Waals surface area contributed by atoms with Gasteiger partial charge in [-0.15, -0.1) is 0 Å². The van der Waals surface area contributed by atoms with Gasteiger partial charge in [0.15, 0.2) is 6.10 Å². The van der Waals surface area contributed by atoms with Crippen LogP contribution in [0.25, 0.3) is 33.3 Å². The number of likely N-dealkylation sites (N-methyl/N-ethyl adjacent to an activating group) is 1. The second-order valence-electron chi connectivity index (χ2n) is 7.47. The molecule has 4 rings (SSSR count). The molecule has 0 fully saturated rings. The Labute approximate surface area is 185 Å². The highest BCUT2D eigenvalue weighted by Crippen LogP contribution is 2.43. The maximum absolute atomic E-state index is 12.2. The fraction of sp³-hybridized carbons (Fsp3) is 0.208. The second kappa shape index (κ2) is 8.68. The van der Waals surface area contributed by atoms with Gasteiger partial charge in [0, 0.05) is 66.7 Å². The van der Waals surface area contributed by atoms with Crippen LogP contribution in [0.2, 0.25) is 0 Å². The minimum absolute atomic E-state index is 0.391. The van der Waals surface area contributed by atoms with E-state index in [0.29, 0.717) is 28.1 Å². The first-order valence-corrected chi connectivity index (χ1v) is 9.98. The Morgan fingerprint density at radius 1 is 1.06 bits per heavy atom. The normalized spacial score (nSPS) is 11.9. The van der Waals surface area contributed by atoms with Crippen molar-refractivity contribution in [2.75, 3.05) is 28.3 Å². The van der Waals surface area contributed by atoms with Gasteiger partial charge in [0.25, 0.3) is 5.91 Å². The van der Waals surface area contributed by atoms with Crippen molar-refractivity contribution >= 4 is 16.9 Å². The van der Waals surface area contributed by atoms with E-state index >= 15 is 0 Å². The molecule has 3 aromatic heterocycles. The molecule has 1 aromatic carbocycles. The molecule has 1 unspecified atom stereocenters. The van der Waals surface area contributed by atoms with Crippen LogP contribution in [0.3, 0.4) is 0 Å². The van der Waals surface area contributed by atoms with E-state index in [1.807, 2.05) is 30.5 Å². The van der Waals surface area contributed by atoms with Gasteiger partial charge in [0.2, 0.25) is 0 Å². The summed E-state index contributed by atoms with van der Waals surface area (Å²) < 4.78 is 11.4. The van der Waals surface area contributed by atoms with Crippen molar-refractivity contribution in [1.29, 1.82) is 0 Å². The van der Waals surface area contributed by atoms with Crippen LogP contribution in [0, 0.1) is 0 Å². The summed E-state index contributed by atoms with van der Waals surface area (Å²) in [6.45, 7) is 0. The number of hydrogen-bond acceptors (Lipinski definition) is 6. The summed E-state index contributed by atoms with van der Waals surface area (Å²) in [5.74, 6) is 0.910. The fourth-order valence-corrected chi connectivity index (χ4v) is 3.71. The molecule has 8 heteroatoms. The smallest absolute Gasteiger partial charge is 0.255 e. The molecule has 0 spiro atoms. The number of carbonyl (C=O) groups is 1. The molecule has 1 amide bonds. The number of hydrogen-bond donors (Lipinski definition) is 2. The number of amides is 1. The number of fused-ring (bicyclic) bond motifs is 1. The average molecular weight is 432 g/mol. The monoisotopic (exact) mass is 432 g/mol. The number of H-pyrrole nitrogens is 1. The molecule has 0 bridgehead atoms. The number of benzene rings is 1. The zero-order chi connectivity index (χ0) is 22.8. The Bertz CT molecular complexity index is 1280. The summed E-state index contributed by atoms with van der Waals surface area (Å²) in [7, 11) is 6.41. The van der Waals surface area contributed by atoms with Crippen molar-refractivity contribution in [3.63, 3.8) is 0 Å². The summed E-state index contributed by atoms with van der Waals surface area (Å²) in [4.78, 5) is 25.5. The SMILES string of the molecule is COc1ccccc1-c1c[nH]c2ncc(-c3cncc(C(O)C(=O)N(C)C)c3)c(OC)c12. The number of methoxy groups -OCH3 is 2. The predicted molar refractivity (Wildman–Crippen MR) is 122 cm³/mol. The number of rotatable bonds is 6. The van der Waals surface area contributed by atoms with E-state index in [0.717, 1.165) is 22.3 Å². The van der Waals surface area contributed by atoms with Crippen molar-refractivity contribution in [3.05, 3.63) is 60.7 Å². The van der Waals surface area contributed by atoms with Gasteiger partial charge in [-0.25, -0.2) is 4.98 Å². The number of nitrogens with one attached hydrogen (secondary N) is 1. The Kier molecular flexibility index (Phi) is 5.79. The Hall–Kier alpha value is -3.91. The highest BCUT2D eigenvalue weighted by molar-refractivity contribution is 6.03. The zero-order valence-electron chi connectivity index (χ0n) is 18.3. The van der Waals surface area contributed by atoms with Gasteiger partial charge in [-0.1, -0.05) is 18.2 Å². The number of pyridine rings is 2. The molecule has 4 aromatic rings. The van der Waals surface area contributed by atoms with Crippen molar-refractivity contribution in [1.82, 2.24) is 19.9 Å². The van der Waals surface area contributed by atoms with Gasteiger partial charge >= 0.3 is 0 Å². The van der Waals surface area contributed by atoms with Crippen molar-refractivity contribution in [3.8, 4) is 33.8 Å². The van der Waals surface area contributed by atoms with Crippen LogP contribution in [0.15, 0.2) is 55.1 Å². The first kappa shape index (κ1) is 21.3. The lowest BCUT2D eigenvalue weighted by atomic mass is 9.99.